The van der Waals surface area contributed by atoms with Crippen LogP contribution in [0.5, 0.6) is 5.75 Å². The Hall–Kier alpha value is -3.40. The molecule has 0 saturated carbocycles. The van der Waals surface area contributed by atoms with Crippen molar-refractivity contribution in [3.63, 3.8) is 0 Å². The topological polar surface area (TPSA) is 131 Å². The second kappa shape index (κ2) is 8.32. The van der Waals surface area contributed by atoms with Crippen LogP contribution in [0.25, 0.3) is 0 Å². The Morgan fingerprint density at radius 2 is 2.07 bits per heavy atom. The van der Waals surface area contributed by atoms with Crippen LogP contribution in [0.4, 0.5) is 0 Å². The first-order valence-electron chi connectivity index (χ1n) is 7.67. The molecule has 2 heterocycles. The summed E-state index contributed by atoms with van der Waals surface area (Å²) in [4.78, 5) is 34.0. The molecule has 1 fully saturated rings. The fourth-order valence-corrected chi connectivity index (χ4v) is 2.98. The molecule has 138 valence electrons. The summed E-state index contributed by atoms with van der Waals surface area (Å²) in [5.41, 5.74) is 0.688. The van der Waals surface area contributed by atoms with Gasteiger partial charge in [0.1, 0.15) is 11.0 Å². The Balaban J connectivity index is 1.56. The van der Waals surface area contributed by atoms with Crippen molar-refractivity contribution in [3.05, 3.63) is 54.0 Å². The van der Waals surface area contributed by atoms with Crippen molar-refractivity contribution in [1.82, 2.24) is 5.32 Å². The van der Waals surface area contributed by atoms with Gasteiger partial charge in [0.25, 0.3) is 0 Å². The number of nitrogens with one attached hydrogen (secondary N) is 1. The smallest absolute Gasteiger partial charge is 0.379 e. The van der Waals surface area contributed by atoms with Crippen molar-refractivity contribution in [2.45, 2.75) is 11.7 Å². The summed E-state index contributed by atoms with van der Waals surface area (Å²) in [5.74, 6) is -1.61. The molecule has 1 atom stereocenters. The highest BCUT2D eigenvalue weighted by Gasteiger charge is 2.32. The van der Waals surface area contributed by atoms with Gasteiger partial charge < -0.3 is 19.6 Å². The number of furan rings is 1. The minimum absolute atomic E-state index is 0.105. The lowest BCUT2D eigenvalue weighted by molar-refractivity contribution is -0.138. The van der Waals surface area contributed by atoms with Crippen LogP contribution < -0.4 is 10.1 Å². The van der Waals surface area contributed by atoms with Gasteiger partial charge in [0.15, 0.2) is 5.17 Å². The molecule has 1 aliphatic rings. The van der Waals surface area contributed by atoms with E-state index in [1.807, 2.05) is 0 Å². The lowest BCUT2D eigenvalue weighted by atomic mass is 10.2. The molecule has 1 unspecified atom stereocenters. The van der Waals surface area contributed by atoms with E-state index < -0.39 is 23.1 Å². The fraction of sp³-hybridized carbons (Fsp3) is 0.118. The van der Waals surface area contributed by atoms with E-state index in [9.17, 15) is 14.4 Å². The Kier molecular flexibility index (Phi) is 5.67. The molecule has 0 radical (unpaired) electrons. The molecule has 0 aliphatic carbocycles. The summed E-state index contributed by atoms with van der Waals surface area (Å²) in [7, 11) is 0. The Morgan fingerprint density at radius 1 is 1.30 bits per heavy atom. The number of thioether (sulfide) groups is 1. The van der Waals surface area contributed by atoms with Gasteiger partial charge in [-0.3, -0.25) is 9.59 Å². The van der Waals surface area contributed by atoms with Crippen molar-refractivity contribution in [3.8, 4) is 5.75 Å². The van der Waals surface area contributed by atoms with Gasteiger partial charge in [-0.2, -0.15) is 5.10 Å². The number of amides is 1. The van der Waals surface area contributed by atoms with Gasteiger partial charge in [0.2, 0.25) is 11.7 Å². The molecule has 2 aromatic rings. The van der Waals surface area contributed by atoms with Crippen molar-refractivity contribution < 1.29 is 28.6 Å². The average Bonchev–Trinajstić information content (AvgIpc) is 3.27. The van der Waals surface area contributed by atoms with Crippen LogP contribution in [-0.4, -0.2) is 39.6 Å². The minimum atomic E-state index is -1.06. The van der Waals surface area contributed by atoms with Crippen LogP contribution in [0.15, 0.2) is 57.3 Å². The average molecular weight is 387 g/mol. The van der Waals surface area contributed by atoms with E-state index in [4.69, 9.17) is 14.3 Å². The number of hydrogen-bond acceptors (Lipinski definition) is 8. The zero-order chi connectivity index (χ0) is 19.2. The molecular weight excluding hydrogens is 374 g/mol. The number of aliphatic carboxylic acids is 1. The molecule has 1 aromatic carbocycles. The number of hydrogen-bond donors (Lipinski definition) is 2. The molecule has 0 bridgehead atoms. The molecule has 1 aromatic heterocycles. The predicted molar refractivity (Wildman–Crippen MR) is 96.9 cm³/mol. The van der Waals surface area contributed by atoms with Gasteiger partial charge in [-0.1, -0.05) is 11.8 Å². The molecule has 2 N–H and O–H groups in total. The standard InChI is InChI=1S/C17H13N3O6S/c21-14(22)8-13-15(23)19-17(27-13)20-18-9-10-3-5-11(6-4-10)26-16(24)12-2-1-7-25-12/h1-7,9,13H,8H2,(H,21,22)(H,19,20,23). The summed E-state index contributed by atoms with van der Waals surface area (Å²) in [6.45, 7) is 0. The maximum atomic E-state index is 11.8. The van der Waals surface area contributed by atoms with Crippen molar-refractivity contribution in [2.24, 2.45) is 10.2 Å². The predicted octanol–water partition coefficient (Wildman–Crippen LogP) is 1.90. The van der Waals surface area contributed by atoms with Crippen molar-refractivity contribution in [1.29, 1.82) is 0 Å². The molecule has 10 heteroatoms. The van der Waals surface area contributed by atoms with Crippen LogP contribution in [0, 0.1) is 0 Å². The van der Waals surface area contributed by atoms with E-state index in [1.54, 1.807) is 30.3 Å². The molecule has 9 nitrogen and oxygen atoms in total. The van der Waals surface area contributed by atoms with Gasteiger partial charge in [-0.05, 0) is 42.0 Å². The second-order valence-corrected chi connectivity index (χ2v) is 6.47. The third-order valence-corrected chi connectivity index (χ3v) is 4.38. The van der Waals surface area contributed by atoms with Gasteiger partial charge >= 0.3 is 11.9 Å². The number of nitrogens with zero attached hydrogens (tertiary/aromatic N) is 2. The highest BCUT2D eigenvalue weighted by Crippen LogP contribution is 2.22. The lowest BCUT2D eigenvalue weighted by Crippen LogP contribution is -2.26. The maximum Gasteiger partial charge on any atom is 0.379 e. The Bertz CT molecular complexity index is 905. The van der Waals surface area contributed by atoms with Gasteiger partial charge in [0.05, 0.1) is 18.9 Å². The van der Waals surface area contributed by atoms with E-state index in [0.717, 1.165) is 11.8 Å². The lowest BCUT2D eigenvalue weighted by Gasteiger charge is -2.02. The van der Waals surface area contributed by atoms with E-state index in [-0.39, 0.29) is 17.3 Å². The number of carbonyl (C=O) groups is 3. The largest absolute Gasteiger partial charge is 0.481 e. The molecule has 27 heavy (non-hydrogen) atoms. The van der Waals surface area contributed by atoms with Crippen molar-refractivity contribution in [2.75, 3.05) is 0 Å². The summed E-state index contributed by atoms with van der Waals surface area (Å²) in [6, 6.07) is 9.61. The van der Waals surface area contributed by atoms with Crippen LogP contribution in [-0.2, 0) is 9.59 Å². The number of carboxylic acid groups (broad SMARTS) is 1. The monoisotopic (exact) mass is 387 g/mol. The van der Waals surface area contributed by atoms with Gasteiger partial charge in [-0.15, -0.1) is 5.10 Å². The van der Waals surface area contributed by atoms with Crippen LogP contribution in [0.3, 0.4) is 0 Å². The number of carbonyl (C=O) groups excluding carboxylic acids is 2. The van der Waals surface area contributed by atoms with E-state index in [0.29, 0.717) is 11.3 Å². The Labute approximate surface area is 157 Å². The first kappa shape index (κ1) is 18.4. The Morgan fingerprint density at radius 3 is 2.74 bits per heavy atom. The summed E-state index contributed by atoms with van der Waals surface area (Å²) < 4.78 is 10.1. The number of esters is 1. The number of benzene rings is 1. The number of rotatable bonds is 6. The van der Waals surface area contributed by atoms with Crippen molar-refractivity contribution >= 4 is 41.0 Å². The van der Waals surface area contributed by atoms with Crippen LogP contribution in [0.2, 0.25) is 0 Å². The number of ether oxygens (including phenoxy) is 1. The quantitative estimate of drug-likeness (QED) is 0.335. The SMILES string of the molecule is O=C(O)CC1SC(=NN=Cc2ccc(OC(=O)c3ccco3)cc2)NC1=O. The van der Waals surface area contributed by atoms with Crippen LogP contribution in [0.1, 0.15) is 22.5 Å². The molecule has 1 saturated heterocycles. The molecule has 1 amide bonds. The van der Waals surface area contributed by atoms with E-state index >= 15 is 0 Å². The maximum absolute atomic E-state index is 11.8. The fourth-order valence-electron chi connectivity index (χ4n) is 2.07. The zero-order valence-corrected chi connectivity index (χ0v) is 14.5. The summed E-state index contributed by atoms with van der Waals surface area (Å²) in [6.07, 6.45) is 2.55. The molecule has 0 spiro atoms. The third-order valence-electron chi connectivity index (χ3n) is 3.30. The highest BCUT2D eigenvalue weighted by molar-refractivity contribution is 8.15. The summed E-state index contributed by atoms with van der Waals surface area (Å²) >= 11 is 1.02. The second-order valence-electron chi connectivity index (χ2n) is 5.28. The third kappa shape index (κ3) is 5.05. The van der Waals surface area contributed by atoms with Gasteiger partial charge in [-0.25, -0.2) is 4.79 Å². The minimum Gasteiger partial charge on any atom is -0.481 e. The molecule has 1 aliphatic heterocycles. The first-order valence-corrected chi connectivity index (χ1v) is 8.55. The molecule has 3 rings (SSSR count). The van der Waals surface area contributed by atoms with Gasteiger partial charge in [0, 0.05) is 0 Å². The normalized spacial score (nSPS) is 18.0. The molecular formula is C17H13N3O6S. The first-order chi connectivity index (χ1) is 13.0. The summed E-state index contributed by atoms with van der Waals surface area (Å²) in [5, 5.41) is 18.5. The zero-order valence-electron chi connectivity index (χ0n) is 13.7. The van der Waals surface area contributed by atoms with Crippen LogP contribution >= 0.6 is 11.8 Å². The number of amidine groups is 1. The number of carboxylic acids is 1. The highest BCUT2D eigenvalue weighted by atomic mass is 32.2. The van der Waals surface area contributed by atoms with E-state index in [2.05, 4.69) is 15.5 Å². The van der Waals surface area contributed by atoms with E-state index in [1.165, 1.54) is 18.5 Å².